The Hall–Kier alpha value is -2.94. The van der Waals surface area contributed by atoms with Crippen molar-refractivity contribution in [3.63, 3.8) is 0 Å². The van der Waals surface area contributed by atoms with Crippen molar-refractivity contribution in [2.45, 2.75) is 6.92 Å². The highest BCUT2D eigenvalue weighted by Crippen LogP contribution is 2.36. The maximum atomic E-state index is 10.5. The predicted octanol–water partition coefficient (Wildman–Crippen LogP) is 4.81. The summed E-state index contributed by atoms with van der Waals surface area (Å²) in [7, 11) is 1.65. The summed E-state index contributed by atoms with van der Waals surface area (Å²) in [5.41, 5.74) is 3.04. The molecule has 3 nitrogen and oxygen atoms in total. The van der Waals surface area contributed by atoms with Gasteiger partial charge in [-0.05, 0) is 42.1 Å². The minimum atomic E-state index is 0.256. The lowest BCUT2D eigenvalue weighted by atomic mass is 10.1. The monoisotopic (exact) mass is 303 g/mol. The molecule has 0 fully saturated rings. The number of benzene rings is 3. The summed E-state index contributed by atoms with van der Waals surface area (Å²) in [5.74, 6) is 1.03. The van der Waals surface area contributed by atoms with Gasteiger partial charge in [0.15, 0.2) is 0 Å². The number of aryl methyl sites for hydroxylation is 1. The van der Waals surface area contributed by atoms with Gasteiger partial charge >= 0.3 is 0 Å². The molecule has 0 aliphatic rings. The number of phenols is 1. The predicted molar refractivity (Wildman–Crippen MR) is 93.7 cm³/mol. The quantitative estimate of drug-likeness (QED) is 0.577. The Labute approximate surface area is 134 Å². The van der Waals surface area contributed by atoms with Crippen LogP contribution < -0.4 is 4.74 Å². The zero-order chi connectivity index (χ0) is 16.0. The lowest BCUT2D eigenvalue weighted by Crippen LogP contribution is -1.95. The summed E-state index contributed by atoms with van der Waals surface area (Å²) in [6.45, 7) is 2.08. The summed E-state index contributed by atoms with van der Waals surface area (Å²) in [6.07, 6.45) is 2.07. The first-order chi connectivity index (χ1) is 11.2. The molecule has 1 heterocycles. The van der Waals surface area contributed by atoms with Crippen LogP contribution in [0.4, 0.5) is 0 Å². The number of fused-ring (bicyclic) bond motifs is 2. The van der Waals surface area contributed by atoms with E-state index in [1.807, 2.05) is 36.4 Å². The number of aromatic hydroxyl groups is 1. The summed E-state index contributed by atoms with van der Waals surface area (Å²) < 4.78 is 7.41. The molecule has 1 aromatic heterocycles. The number of hydrogen-bond donors (Lipinski definition) is 1. The zero-order valence-corrected chi connectivity index (χ0v) is 13.1. The summed E-state index contributed by atoms with van der Waals surface area (Å²) in [5, 5.41) is 13.7. The molecule has 0 amide bonds. The van der Waals surface area contributed by atoms with E-state index in [1.54, 1.807) is 13.2 Å². The SMILES string of the molecule is COc1ccc2ccc(O)c(-n3cc(C)c4ccccc43)c2c1. The number of ether oxygens (including phenoxy) is 1. The van der Waals surface area contributed by atoms with Crippen molar-refractivity contribution in [1.82, 2.24) is 4.57 Å². The van der Waals surface area contributed by atoms with Crippen LogP contribution in [0.15, 0.2) is 60.8 Å². The van der Waals surface area contributed by atoms with Gasteiger partial charge in [-0.25, -0.2) is 0 Å². The number of aromatic nitrogens is 1. The highest BCUT2D eigenvalue weighted by molar-refractivity contribution is 5.96. The summed E-state index contributed by atoms with van der Waals surface area (Å²) in [6, 6.07) is 17.8. The van der Waals surface area contributed by atoms with Crippen LogP contribution in [-0.2, 0) is 0 Å². The van der Waals surface area contributed by atoms with E-state index in [0.717, 1.165) is 27.7 Å². The molecule has 0 aliphatic heterocycles. The molecule has 4 aromatic rings. The molecule has 3 aromatic carbocycles. The van der Waals surface area contributed by atoms with E-state index in [4.69, 9.17) is 4.74 Å². The first kappa shape index (κ1) is 13.7. The van der Waals surface area contributed by atoms with Gasteiger partial charge in [0.25, 0.3) is 0 Å². The van der Waals surface area contributed by atoms with Crippen LogP contribution >= 0.6 is 0 Å². The average molecular weight is 303 g/mol. The van der Waals surface area contributed by atoms with Crippen LogP contribution in [0.25, 0.3) is 27.4 Å². The maximum absolute atomic E-state index is 10.5. The van der Waals surface area contributed by atoms with Gasteiger partial charge in [0, 0.05) is 17.0 Å². The van der Waals surface area contributed by atoms with Gasteiger partial charge in [0.1, 0.15) is 11.5 Å². The zero-order valence-electron chi connectivity index (χ0n) is 13.1. The van der Waals surface area contributed by atoms with Crippen LogP contribution in [0.2, 0.25) is 0 Å². The van der Waals surface area contributed by atoms with Gasteiger partial charge in [-0.15, -0.1) is 0 Å². The molecule has 0 spiro atoms. The molecule has 3 heteroatoms. The molecule has 0 bridgehead atoms. The standard InChI is InChI=1S/C20H17NO2/c1-13-12-21(18-6-4-3-5-16(13)18)20-17-11-15(23-2)9-7-14(17)8-10-19(20)22/h3-12,22H,1-2H3. The Morgan fingerprint density at radius 2 is 1.74 bits per heavy atom. The van der Waals surface area contributed by atoms with Gasteiger partial charge < -0.3 is 14.4 Å². The molecule has 1 N–H and O–H groups in total. The molecule has 4 rings (SSSR count). The molecule has 0 aliphatic carbocycles. The molecule has 0 saturated carbocycles. The average Bonchev–Trinajstić information content (AvgIpc) is 2.91. The molecule has 0 atom stereocenters. The fraction of sp³-hybridized carbons (Fsp3) is 0.100. The van der Waals surface area contributed by atoms with E-state index in [2.05, 4.69) is 29.8 Å². The molecular weight excluding hydrogens is 286 g/mol. The normalized spacial score (nSPS) is 11.2. The number of methoxy groups -OCH3 is 1. The fourth-order valence-electron chi connectivity index (χ4n) is 3.19. The number of para-hydroxylation sites is 1. The van der Waals surface area contributed by atoms with Gasteiger partial charge in [-0.2, -0.15) is 0 Å². The highest BCUT2D eigenvalue weighted by atomic mass is 16.5. The fourth-order valence-corrected chi connectivity index (χ4v) is 3.19. The van der Waals surface area contributed by atoms with Crippen molar-refractivity contribution in [2.24, 2.45) is 0 Å². The minimum absolute atomic E-state index is 0.256. The lowest BCUT2D eigenvalue weighted by Gasteiger charge is -2.13. The minimum Gasteiger partial charge on any atom is -0.506 e. The van der Waals surface area contributed by atoms with E-state index in [9.17, 15) is 5.11 Å². The van der Waals surface area contributed by atoms with E-state index in [0.29, 0.717) is 0 Å². The Morgan fingerprint density at radius 3 is 2.57 bits per heavy atom. The van der Waals surface area contributed by atoms with Crippen molar-refractivity contribution in [3.8, 4) is 17.2 Å². The third kappa shape index (κ3) is 2.05. The van der Waals surface area contributed by atoms with E-state index >= 15 is 0 Å². The third-order valence-corrected chi connectivity index (χ3v) is 4.33. The first-order valence-corrected chi connectivity index (χ1v) is 7.56. The second-order valence-corrected chi connectivity index (χ2v) is 5.72. The van der Waals surface area contributed by atoms with E-state index in [-0.39, 0.29) is 5.75 Å². The maximum Gasteiger partial charge on any atom is 0.140 e. The molecule has 0 saturated heterocycles. The van der Waals surface area contributed by atoms with Crippen molar-refractivity contribution in [2.75, 3.05) is 7.11 Å². The number of rotatable bonds is 2. The van der Waals surface area contributed by atoms with Crippen LogP contribution in [0.3, 0.4) is 0 Å². The van der Waals surface area contributed by atoms with Crippen LogP contribution in [0.1, 0.15) is 5.56 Å². The van der Waals surface area contributed by atoms with Gasteiger partial charge in [-0.3, -0.25) is 0 Å². The van der Waals surface area contributed by atoms with Crippen molar-refractivity contribution in [3.05, 3.63) is 66.4 Å². The topological polar surface area (TPSA) is 34.4 Å². The highest BCUT2D eigenvalue weighted by Gasteiger charge is 2.14. The first-order valence-electron chi connectivity index (χ1n) is 7.56. The molecule has 23 heavy (non-hydrogen) atoms. The Kier molecular flexibility index (Phi) is 3.01. The Balaban J connectivity index is 2.13. The Morgan fingerprint density at radius 1 is 0.957 bits per heavy atom. The second-order valence-electron chi connectivity index (χ2n) is 5.72. The number of phenolic OH excluding ortho intramolecular Hbond substituents is 1. The van der Waals surface area contributed by atoms with Crippen LogP contribution in [-0.4, -0.2) is 16.8 Å². The Bertz CT molecular complexity index is 1030. The smallest absolute Gasteiger partial charge is 0.140 e. The van der Waals surface area contributed by atoms with Crippen LogP contribution in [0, 0.1) is 6.92 Å². The molecular formula is C20H17NO2. The van der Waals surface area contributed by atoms with Crippen LogP contribution in [0.5, 0.6) is 11.5 Å². The van der Waals surface area contributed by atoms with Gasteiger partial charge in [0.2, 0.25) is 0 Å². The van der Waals surface area contributed by atoms with E-state index < -0.39 is 0 Å². The number of nitrogens with zero attached hydrogens (tertiary/aromatic N) is 1. The summed E-state index contributed by atoms with van der Waals surface area (Å²) in [4.78, 5) is 0. The van der Waals surface area contributed by atoms with E-state index in [1.165, 1.54) is 10.9 Å². The van der Waals surface area contributed by atoms with Crippen molar-refractivity contribution >= 4 is 21.7 Å². The van der Waals surface area contributed by atoms with Gasteiger partial charge in [0.05, 0.1) is 18.3 Å². The molecule has 0 unspecified atom stereocenters. The third-order valence-electron chi connectivity index (χ3n) is 4.33. The largest absolute Gasteiger partial charge is 0.506 e. The number of hydrogen-bond acceptors (Lipinski definition) is 2. The molecule has 114 valence electrons. The van der Waals surface area contributed by atoms with Crippen molar-refractivity contribution < 1.29 is 9.84 Å². The molecule has 0 radical (unpaired) electrons. The van der Waals surface area contributed by atoms with Gasteiger partial charge in [-0.1, -0.05) is 30.3 Å². The lowest BCUT2D eigenvalue weighted by molar-refractivity contribution is 0.415. The second kappa shape index (κ2) is 5.06. The summed E-state index contributed by atoms with van der Waals surface area (Å²) >= 11 is 0. The van der Waals surface area contributed by atoms with Crippen molar-refractivity contribution in [1.29, 1.82) is 0 Å².